The number of rotatable bonds is 2. The van der Waals surface area contributed by atoms with Gasteiger partial charge in [0.1, 0.15) is 11.9 Å². The quantitative estimate of drug-likeness (QED) is 0.795. The first-order chi connectivity index (χ1) is 7.47. The molecule has 0 aromatic heterocycles. The number of nitrogen functional groups attached to an aromatic ring is 1. The molecule has 3 nitrogen and oxygen atoms in total. The Kier molecular flexibility index (Phi) is 2.67. The Hall–Kier alpha value is -1.43. The Bertz CT molecular complexity index is 388. The highest BCUT2D eigenvalue weighted by molar-refractivity contribution is 5.49. The summed E-state index contributed by atoms with van der Waals surface area (Å²) in [6.45, 7) is 0.642. The van der Waals surface area contributed by atoms with Crippen LogP contribution in [0.5, 0.6) is 5.75 Å². The van der Waals surface area contributed by atoms with Crippen molar-refractivity contribution in [3.63, 3.8) is 0 Å². The molecular formula is C10H10F3NO2. The van der Waals surface area contributed by atoms with Crippen molar-refractivity contribution < 1.29 is 22.6 Å². The number of ether oxygens (including phenoxy) is 2. The van der Waals surface area contributed by atoms with E-state index in [1.165, 1.54) is 12.1 Å². The first-order valence-corrected chi connectivity index (χ1v) is 4.68. The van der Waals surface area contributed by atoms with E-state index in [1.807, 2.05) is 0 Å². The molecule has 0 saturated carbocycles. The van der Waals surface area contributed by atoms with Gasteiger partial charge >= 0.3 is 6.18 Å². The minimum Gasteiger partial charge on any atom is -0.485 e. The van der Waals surface area contributed by atoms with Crippen molar-refractivity contribution in [1.82, 2.24) is 0 Å². The number of anilines is 1. The lowest BCUT2D eigenvalue weighted by Crippen LogP contribution is -2.39. The maximum Gasteiger partial charge on any atom is 0.420 e. The Labute approximate surface area is 89.9 Å². The molecule has 0 radical (unpaired) electrons. The Morgan fingerprint density at radius 1 is 1.31 bits per heavy atom. The van der Waals surface area contributed by atoms with Crippen molar-refractivity contribution >= 4 is 5.69 Å². The summed E-state index contributed by atoms with van der Waals surface area (Å²) < 4.78 is 47.9. The highest BCUT2D eigenvalue weighted by atomic mass is 19.4. The molecule has 2 N–H and O–H groups in total. The molecule has 0 bridgehead atoms. The Morgan fingerprint density at radius 3 is 2.50 bits per heavy atom. The van der Waals surface area contributed by atoms with Crippen LogP contribution in [0.1, 0.15) is 5.56 Å². The molecule has 1 fully saturated rings. The van der Waals surface area contributed by atoms with Crippen molar-refractivity contribution in [2.24, 2.45) is 0 Å². The van der Waals surface area contributed by atoms with E-state index in [0.717, 1.165) is 6.07 Å². The molecule has 6 heteroatoms. The molecule has 1 heterocycles. The third kappa shape index (κ3) is 2.21. The number of halogens is 3. The van der Waals surface area contributed by atoms with Crippen molar-refractivity contribution in [2.45, 2.75) is 12.3 Å². The lowest BCUT2D eigenvalue weighted by atomic mass is 10.1. The first-order valence-electron chi connectivity index (χ1n) is 4.68. The molecule has 1 aromatic rings. The number of alkyl halides is 3. The lowest BCUT2D eigenvalue weighted by Gasteiger charge is -2.28. The van der Waals surface area contributed by atoms with Gasteiger partial charge in [0, 0.05) is 5.69 Å². The summed E-state index contributed by atoms with van der Waals surface area (Å²) >= 11 is 0. The van der Waals surface area contributed by atoms with Gasteiger partial charge in [0.05, 0.1) is 18.8 Å². The number of hydrogen-bond acceptors (Lipinski definition) is 3. The van der Waals surface area contributed by atoms with Crippen LogP contribution in [0, 0.1) is 0 Å². The van der Waals surface area contributed by atoms with Gasteiger partial charge in [0.25, 0.3) is 0 Å². The summed E-state index contributed by atoms with van der Waals surface area (Å²) in [6.07, 6.45) is -4.76. The number of benzene rings is 1. The minimum atomic E-state index is -4.46. The molecular weight excluding hydrogens is 223 g/mol. The maximum atomic E-state index is 12.6. The zero-order chi connectivity index (χ0) is 11.8. The number of nitrogens with two attached hydrogens (primary N) is 1. The van der Waals surface area contributed by atoms with Gasteiger partial charge in [0.15, 0.2) is 0 Å². The van der Waals surface area contributed by atoms with Crippen molar-refractivity contribution in [3.8, 4) is 5.75 Å². The summed E-state index contributed by atoms with van der Waals surface area (Å²) in [5.74, 6) is -0.199. The molecule has 1 aliphatic heterocycles. The molecule has 0 unspecified atom stereocenters. The van der Waals surface area contributed by atoms with Gasteiger partial charge in [-0.05, 0) is 18.2 Å². The summed E-state index contributed by atoms with van der Waals surface area (Å²) in [5.41, 5.74) is 4.53. The fourth-order valence-corrected chi connectivity index (χ4v) is 1.33. The lowest BCUT2D eigenvalue weighted by molar-refractivity contribution is -0.141. The normalized spacial score (nSPS) is 16.9. The van der Waals surface area contributed by atoms with Crippen LogP contribution < -0.4 is 10.5 Å². The van der Waals surface area contributed by atoms with E-state index in [4.69, 9.17) is 15.2 Å². The predicted octanol–water partition coefficient (Wildman–Crippen LogP) is 2.07. The summed E-state index contributed by atoms with van der Waals surface area (Å²) in [7, 11) is 0. The molecule has 2 rings (SSSR count). The van der Waals surface area contributed by atoms with Crippen molar-refractivity contribution in [1.29, 1.82) is 0 Å². The largest absolute Gasteiger partial charge is 0.485 e. The third-order valence-corrected chi connectivity index (χ3v) is 2.21. The molecule has 0 aliphatic carbocycles. The smallest absolute Gasteiger partial charge is 0.420 e. The highest BCUT2D eigenvalue weighted by Crippen LogP contribution is 2.38. The Morgan fingerprint density at radius 2 is 2.00 bits per heavy atom. The van der Waals surface area contributed by atoms with Crippen LogP contribution in [0.3, 0.4) is 0 Å². The SMILES string of the molecule is Nc1ccc(OC2COC2)c(C(F)(F)F)c1. The van der Waals surface area contributed by atoms with Crippen LogP contribution in [-0.2, 0) is 10.9 Å². The van der Waals surface area contributed by atoms with Gasteiger partial charge in [-0.2, -0.15) is 13.2 Å². The van der Waals surface area contributed by atoms with E-state index in [-0.39, 0.29) is 17.5 Å². The zero-order valence-electron chi connectivity index (χ0n) is 8.25. The van der Waals surface area contributed by atoms with Gasteiger partial charge in [-0.1, -0.05) is 0 Å². The highest BCUT2D eigenvalue weighted by Gasteiger charge is 2.35. The van der Waals surface area contributed by atoms with Crippen LogP contribution in [0.2, 0.25) is 0 Å². The standard InChI is InChI=1S/C10H10F3NO2/c11-10(12,13)8-3-6(14)1-2-9(8)16-7-4-15-5-7/h1-3,7H,4-5,14H2. The number of hydrogen-bond donors (Lipinski definition) is 1. The summed E-state index contributed by atoms with van der Waals surface area (Å²) in [4.78, 5) is 0. The molecule has 0 amide bonds. The molecule has 1 aliphatic rings. The molecule has 16 heavy (non-hydrogen) atoms. The maximum absolute atomic E-state index is 12.6. The van der Waals surface area contributed by atoms with E-state index < -0.39 is 11.7 Å². The first kappa shape index (κ1) is 11.1. The molecule has 1 aromatic carbocycles. The van der Waals surface area contributed by atoms with Crippen molar-refractivity contribution in [3.05, 3.63) is 23.8 Å². The van der Waals surface area contributed by atoms with Crippen LogP contribution in [0.25, 0.3) is 0 Å². The second-order valence-corrected chi connectivity index (χ2v) is 3.53. The predicted molar refractivity (Wildman–Crippen MR) is 51.1 cm³/mol. The van der Waals surface area contributed by atoms with Gasteiger partial charge in [-0.25, -0.2) is 0 Å². The van der Waals surface area contributed by atoms with Gasteiger partial charge in [-0.3, -0.25) is 0 Å². The van der Waals surface area contributed by atoms with E-state index in [1.54, 1.807) is 0 Å². The van der Waals surface area contributed by atoms with Gasteiger partial charge < -0.3 is 15.2 Å². The molecule has 88 valence electrons. The average Bonchev–Trinajstić information content (AvgIpc) is 2.11. The van der Waals surface area contributed by atoms with Gasteiger partial charge in [0.2, 0.25) is 0 Å². The molecule has 0 atom stereocenters. The molecule has 1 saturated heterocycles. The van der Waals surface area contributed by atoms with Crippen LogP contribution >= 0.6 is 0 Å². The van der Waals surface area contributed by atoms with Crippen LogP contribution in [0.15, 0.2) is 18.2 Å². The summed E-state index contributed by atoms with van der Waals surface area (Å²) in [6, 6.07) is 3.48. The monoisotopic (exact) mass is 233 g/mol. The van der Waals surface area contributed by atoms with E-state index in [0.29, 0.717) is 13.2 Å². The summed E-state index contributed by atoms with van der Waals surface area (Å²) in [5, 5.41) is 0. The topological polar surface area (TPSA) is 44.5 Å². The average molecular weight is 233 g/mol. The Balaban J connectivity index is 2.28. The molecule has 0 spiro atoms. The van der Waals surface area contributed by atoms with Crippen LogP contribution in [0.4, 0.5) is 18.9 Å². The third-order valence-electron chi connectivity index (χ3n) is 2.21. The fraction of sp³-hybridized carbons (Fsp3) is 0.400. The minimum absolute atomic E-state index is 0.0598. The van der Waals surface area contributed by atoms with E-state index >= 15 is 0 Å². The zero-order valence-corrected chi connectivity index (χ0v) is 8.25. The van der Waals surface area contributed by atoms with Gasteiger partial charge in [-0.15, -0.1) is 0 Å². The van der Waals surface area contributed by atoms with Crippen LogP contribution in [-0.4, -0.2) is 19.3 Å². The second-order valence-electron chi connectivity index (χ2n) is 3.53. The van der Waals surface area contributed by atoms with Crippen molar-refractivity contribution in [2.75, 3.05) is 18.9 Å². The van der Waals surface area contributed by atoms with E-state index in [9.17, 15) is 13.2 Å². The fourth-order valence-electron chi connectivity index (χ4n) is 1.33. The second kappa shape index (κ2) is 3.86. The van der Waals surface area contributed by atoms with E-state index in [2.05, 4.69) is 0 Å².